The number of benzene rings is 1. The Morgan fingerprint density at radius 3 is 2.71 bits per heavy atom. The highest BCUT2D eigenvalue weighted by Gasteiger charge is 2.20. The minimum absolute atomic E-state index is 0.00727. The van der Waals surface area contributed by atoms with Crippen molar-refractivity contribution < 1.29 is 18.3 Å². The number of hydrogen-bond donors (Lipinski definition) is 1. The number of halogens is 3. The molecule has 1 aromatic rings. The summed E-state index contributed by atoms with van der Waals surface area (Å²) in [6.07, 6.45) is -2.07. The van der Waals surface area contributed by atoms with Crippen LogP contribution in [0, 0.1) is 0 Å². The molecule has 0 bridgehead atoms. The van der Waals surface area contributed by atoms with E-state index in [1.165, 1.54) is 6.07 Å². The first-order valence-corrected chi connectivity index (χ1v) is 5.40. The van der Waals surface area contributed by atoms with Gasteiger partial charge in [-0.15, -0.1) is 0 Å². The van der Waals surface area contributed by atoms with Gasteiger partial charge in [0.15, 0.2) is 0 Å². The number of carbonyl (C=O) groups excluding carboxylic acids is 1. The van der Waals surface area contributed by atoms with Crippen LogP contribution in [0.1, 0.15) is 35.7 Å². The van der Waals surface area contributed by atoms with Crippen LogP contribution in [0.25, 0.3) is 0 Å². The highest BCUT2D eigenvalue weighted by atomic mass is 35.5. The Balaban J connectivity index is 3.04. The van der Waals surface area contributed by atoms with Crippen LogP contribution in [-0.4, -0.2) is 12.6 Å². The maximum atomic E-state index is 12.5. The number of hydrogen-bond acceptors (Lipinski definition) is 3. The SMILES string of the molecule is CCCOC(=O)c1ccc(C(F)F)c(Cl)c1N. The molecular formula is C11H12ClF2NO2. The Bertz CT molecular complexity index is 424. The molecule has 0 aliphatic heterocycles. The number of esters is 1. The van der Waals surface area contributed by atoms with Gasteiger partial charge in [0, 0.05) is 5.56 Å². The quantitative estimate of drug-likeness (QED) is 0.669. The van der Waals surface area contributed by atoms with Gasteiger partial charge in [-0.2, -0.15) is 0 Å². The predicted molar refractivity (Wildman–Crippen MR) is 61.4 cm³/mol. The van der Waals surface area contributed by atoms with Crippen LogP contribution in [-0.2, 0) is 4.74 Å². The van der Waals surface area contributed by atoms with E-state index in [1.807, 2.05) is 6.92 Å². The number of rotatable bonds is 4. The summed E-state index contributed by atoms with van der Waals surface area (Å²) in [5.41, 5.74) is 4.97. The third kappa shape index (κ3) is 3.06. The van der Waals surface area contributed by atoms with Gasteiger partial charge in [-0.25, -0.2) is 13.6 Å². The van der Waals surface area contributed by atoms with Crippen molar-refractivity contribution in [2.45, 2.75) is 19.8 Å². The van der Waals surface area contributed by atoms with Gasteiger partial charge in [0.2, 0.25) is 0 Å². The first-order valence-electron chi connectivity index (χ1n) is 5.02. The van der Waals surface area contributed by atoms with Crippen molar-refractivity contribution in [2.24, 2.45) is 0 Å². The van der Waals surface area contributed by atoms with Crippen LogP contribution in [0.5, 0.6) is 0 Å². The molecule has 0 fully saturated rings. The van der Waals surface area contributed by atoms with Gasteiger partial charge in [-0.3, -0.25) is 0 Å². The normalized spacial score (nSPS) is 10.6. The van der Waals surface area contributed by atoms with Crippen LogP contribution >= 0.6 is 11.6 Å². The minimum atomic E-state index is -2.73. The Hall–Kier alpha value is -1.36. The molecule has 0 saturated carbocycles. The van der Waals surface area contributed by atoms with Crippen molar-refractivity contribution in [2.75, 3.05) is 12.3 Å². The molecule has 0 aliphatic rings. The fourth-order valence-electron chi connectivity index (χ4n) is 1.23. The zero-order valence-corrected chi connectivity index (χ0v) is 9.93. The lowest BCUT2D eigenvalue weighted by molar-refractivity contribution is 0.0506. The minimum Gasteiger partial charge on any atom is -0.462 e. The molecule has 0 aromatic heterocycles. The van der Waals surface area contributed by atoms with Gasteiger partial charge in [-0.1, -0.05) is 24.6 Å². The molecule has 0 atom stereocenters. The summed E-state index contributed by atoms with van der Waals surface area (Å²) in [6.45, 7) is 2.08. The van der Waals surface area contributed by atoms with Gasteiger partial charge in [0.1, 0.15) is 0 Å². The number of ether oxygens (including phenoxy) is 1. The van der Waals surface area contributed by atoms with Gasteiger partial charge >= 0.3 is 5.97 Å². The fraction of sp³-hybridized carbons (Fsp3) is 0.364. The Morgan fingerprint density at radius 1 is 1.53 bits per heavy atom. The summed E-state index contributed by atoms with van der Waals surface area (Å²) in [5, 5.41) is -0.300. The molecule has 17 heavy (non-hydrogen) atoms. The average Bonchev–Trinajstić information content (AvgIpc) is 2.29. The molecule has 94 valence electrons. The summed E-state index contributed by atoms with van der Waals surface area (Å²) in [7, 11) is 0. The standard InChI is InChI=1S/C11H12ClF2NO2/c1-2-5-17-11(16)7-4-3-6(10(13)14)8(12)9(7)15/h3-4,10H,2,5,15H2,1H3. The molecule has 0 aliphatic carbocycles. The van der Waals surface area contributed by atoms with Gasteiger partial charge in [0.25, 0.3) is 6.43 Å². The van der Waals surface area contributed by atoms with Gasteiger partial charge in [-0.05, 0) is 12.5 Å². The number of nitrogen functional groups attached to an aromatic ring is 1. The molecule has 0 radical (unpaired) electrons. The summed E-state index contributed by atoms with van der Waals surface area (Å²) in [6, 6.07) is 2.27. The largest absolute Gasteiger partial charge is 0.462 e. The second kappa shape index (κ2) is 5.82. The van der Waals surface area contributed by atoms with Crippen LogP contribution in [0.4, 0.5) is 14.5 Å². The molecule has 0 saturated heterocycles. The fourth-order valence-corrected chi connectivity index (χ4v) is 1.48. The average molecular weight is 264 g/mol. The molecule has 2 N–H and O–H groups in total. The number of carbonyl (C=O) groups is 1. The molecule has 6 heteroatoms. The first-order chi connectivity index (χ1) is 7.99. The predicted octanol–water partition coefficient (Wildman–Crippen LogP) is 3.43. The summed E-state index contributed by atoms with van der Waals surface area (Å²) < 4.78 is 29.8. The molecule has 1 aromatic carbocycles. The second-order valence-corrected chi connectivity index (χ2v) is 3.74. The van der Waals surface area contributed by atoms with E-state index in [9.17, 15) is 13.6 Å². The third-order valence-corrected chi connectivity index (χ3v) is 2.52. The highest BCUT2D eigenvalue weighted by molar-refractivity contribution is 6.34. The van der Waals surface area contributed by atoms with Crippen molar-refractivity contribution in [1.82, 2.24) is 0 Å². The molecular weight excluding hydrogens is 252 g/mol. The van der Waals surface area contributed by atoms with Crippen molar-refractivity contribution in [1.29, 1.82) is 0 Å². The van der Waals surface area contributed by atoms with E-state index in [2.05, 4.69) is 0 Å². The zero-order valence-electron chi connectivity index (χ0n) is 9.17. The lowest BCUT2D eigenvalue weighted by Crippen LogP contribution is -2.10. The van der Waals surface area contributed by atoms with Crippen molar-refractivity contribution >= 4 is 23.3 Å². The lowest BCUT2D eigenvalue weighted by atomic mass is 10.1. The van der Waals surface area contributed by atoms with Crippen LogP contribution in [0.3, 0.4) is 0 Å². The van der Waals surface area contributed by atoms with E-state index in [4.69, 9.17) is 22.1 Å². The van der Waals surface area contributed by atoms with Crippen LogP contribution in [0.15, 0.2) is 12.1 Å². The Labute approximate surface area is 103 Å². The molecule has 0 amide bonds. The topological polar surface area (TPSA) is 52.3 Å². The maximum absolute atomic E-state index is 12.5. The zero-order chi connectivity index (χ0) is 13.0. The summed E-state index contributed by atoms with van der Waals surface area (Å²) >= 11 is 5.66. The van der Waals surface area contributed by atoms with E-state index in [0.717, 1.165) is 6.07 Å². The first kappa shape index (κ1) is 13.7. The molecule has 1 rings (SSSR count). The second-order valence-electron chi connectivity index (χ2n) is 3.37. The summed E-state index contributed by atoms with van der Waals surface area (Å²) in [4.78, 5) is 11.5. The number of nitrogens with two attached hydrogens (primary N) is 1. The smallest absolute Gasteiger partial charge is 0.340 e. The van der Waals surface area contributed by atoms with Crippen LogP contribution < -0.4 is 5.73 Å². The van der Waals surface area contributed by atoms with Crippen LogP contribution in [0.2, 0.25) is 5.02 Å². The third-order valence-electron chi connectivity index (χ3n) is 2.10. The summed E-state index contributed by atoms with van der Waals surface area (Å²) in [5.74, 6) is -0.660. The maximum Gasteiger partial charge on any atom is 0.340 e. The molecule has 0 unspecified atom stereocenters. The number of alkyl halides is 2. The molecule has 0 spiro atoms. The Morgan fingerprint density at radius 2 is 2.18 bits per heavy atom. The number of anilines is 1. The van der Waals surface area contributed by atoms with E-state index in [0.29, 0.717) is 6.42 Å². The lowest BCUT2D eigenvalue weighted by Gasteiger charge is -2.10. The highest BCUT2D eigenvalue weighted by Crippen LogP contribution is 2.33. The van der Waals surface area contributed by atoms with Crippen molar-refractivity contribution in [3.8, 4) is 0 Å². The van der Waals surface area contributed by atoms with Crippen molar-refractivity contribution in [3.05, 3.63) is 28.3 Å². The molecule has 0 heterocycles. The van der Waals surface area contributed by atoms with E-state index < -0.39 is 18.0 Å². The van der Waals surface area contributed by atoms with Gasteiger partial charge in [0.05, 0.1) is 22.9 Å². The van der Waals surface area contributed by atoms with Crippen molar-refractivity contribution in [3.63, 3.8) is 0 Å². The molecule has 3 nitrogen and oxygen atoms in total. The van der Waals surface area contributed by atoms with E-state index in [1.54, 1.807) is 0 Å². The van der Waals surface area contributed by atoms with Gasteiger partial charge < -0.3 is 10.5 Å². The van der Waals surface area contributed by atoms with E-state index in [-0.39, 0.29) is 22.9 Å². The Kier molecular flexibility index (Phi) is 4.69. The monoisotopic (exact) mass is 263 g/mol. The van der Waals surface area contributed by atoms with E-state index >= 15 is 0 Å².